The van der Waals surface area contributed by atoms with Crippen LogP contribution in [-0.4, -0.2) is 50.1 Å². The van der Waals surface area contributed by atoms with Crippen LogP contribution in [-0.2, 0) is 16.1 Å². The molecule has 0 unspecified atom stereocenters. The van der Waals surface area contributed by atoms with Crippen molar-refractivity contribution in [2.24, 2.45) is 0 Å². The van der Waals surface area contributed by atoms with E-state index in [0.29, 0.717) is 29.4 Å². The zero-order valence-electron chi connectivity index (χ0n) is 18.3. The standard InChI is InChI=1S/C23H29FN2O5/c1-5-10-25-23(28)16(2)26(14-17-8-6-7-9-21(17)24)22(27)15-31-20-12-18(29-3)11-19(13-20)30-4/h6-9,11-13,16H,5,10,14-15H2,1-4H3,(H,25,28)/t16-/m0/s1. The molecule has 0 aromatic heterocycles. The number of amides is 2. The smallest absolute Gasteiger partial charge is 0.261 e. The van der Waals surface area contributed by atoms with Crippen molar-refractivity contribution in [3.05, 3.63) is 53.8 Å². The van der Waals surface area contributed by atoms with Crippen LogP contribution in [0.15, 0.2) is 42.5 Å². The van der Waals surface area contributed by atoms with Gasteiger partial charge in [-0.1, -0.05) is 25.1 Å². The molecule has 0 saturated heterocycles. The number of carbonyl (C=O) groups is 2. The normalized spacial score (nSPS) is 11.4. The molecule has 2 aromatic carbocycles. The summed E-state index contributed by atoms with van der Waals surface area (Å²) < 4.78 is 30.2. The van der Waals surface area contributed by atoms with Crippen molar-refractivity contribution in [2.45, 2.75) is 32.9 Å². The zero-order chi connectivity index (χ0) is 22.8. The van der Waals surface area contributed by atoms with Gasteiger partial charge in [-0.15, -0.1) is 0 Å². The molecular formula is C23H29FN2O5. The third-order valence-corrected chi connectivity index (χ3v) is 4.70. The molecule has 1 N–H and O–H groups in total. The molecule has 8 heteroatoms. The van der Waals surface area contributed by atoms with Crippen LogP contribution in [0.25, 0.3) is 0 Å². The van der Waals surface area contributed by atoms with Gasteiger partial charge in [-0.2, -0.15) is 0 Å². The highest BCUT2D eigenvalue weighted by Gasteiger charge is 2.27. The third kappa shape index (κ3) is 6.87. The van der Waals surface area contributed by atoms with E-state index in [2.05, 4.69) is 5.32 Å². The van der Waals surface area contributed by atoms with E-state index < -0.39 is 17.8 Å². The van der Waals surface area contributed by atoms with Gasteiger partial charge in [-0.05, 0) is 19.4 Å². The van der Waals surface area contributed by atoms with Crippen molar-refractivity contribution in [2.75, 3.05) is 27.4 Å². The van der Waals surface area contributed by atoms with Gasteiger partial charge in [-0.25, -0.2) is 4.39 Å². The minimum atomic E-state index is -0.804. The van der Waals surface area contributed by atoms with Gasteiger partial charge >= 0.3 is 0 Å². The monoisotopic (exact) mass is 432 g/mol. The van der Waals surface area contributed by atoms with Crippen LogP contribution in [0.2, 0.25) is 0 Å². The first-order valence-electron chi connectivity index (χ1n) is 10.1. The fraction of sp³-hybridized carbons (Fsp3) is 0.391. The number of nitrogens with zero attached hydrogens (tertiary/aromatic N) is 1. The van der Waals surface area contributed by atoms with Crippen molar-refractivity contribution in [1.29, 1.82) is 0 Å². The molecule has 0 fully saturated rings. The van der Waals surface area contributed by atoms with E-state index >= 15 is 0 Å². The molecule has 0 heterocycles. The van der Waals surface area contributed by atoms with E-state index in [1.54, 1.807) is 43.3 Å². The highest BCUT2D eigenvalue weighted by Crippen LogP contribution is 2.27. The molecule has 0 bridgehead atoms. The minimum absolute atomic E-state index is 0.0585. The summed E-state index contributed by atoms with van der Waals surface area (Å²) in [6.45, 7) is 3.64. The van der Waals surface area contributed by atoms with Crippen LogP contribution in [0.4, 0.5) is 4.39 Å². The summed E-state index contributed by atoms with van der Waals surface area (Å²) in [7, 11) is 3.02. The summed E-state index contributed by atoms with van der Waals surface area (Å²) in [6.07, 6.45) is 0.764. The van der Waals surface area contributed by atoms with Crippen molar-refractivity contribution in [1.82, 2.24) is 10.2 Å². The Morgan fingerprint density at radius 3 is 2.26 bits per heavy atom. The number of carbonyl (C=O) groups excluding carboxylic acids is 2. The lowest BCUT2D eigenvalue weighted by atomic mass is 10.1. The summed E-state index contributed by atoms with van der Waals surface area (Å²) in [5.41, 5.74) is 0.314. The Hall–Kier alpha value is -3.29. The van der Waals surface area contributed by atoms with Crippen LogP contribution in [0, 0.1) is 5.82 Å². The van der Waals surface area contributed by atoms with Gasteiger partial charge in [0.05, 0.1) is 14.2 Å². The van der Waals surface area contributed by atoms with Gasteiger partial charge in [-0.3, -0.25) is 9.59 Å². The summed E-state index contributed by atoms with van der Waals surface area (Å²) in [5.74, 6) is 0.187. The van der Waals surface area contributed by atoms with E-state index in [1.807, 2.05) is 6.92 Å². The average Bonchev–Trinajstić information content (AvgIpc) is 2.79. The lowest BCUT2D eigenvalue weighted by Gasteiger charge is -2.29. The number of ether oxygens (including phenoxy) is 3. The Labute approximate surface area is 182 Å². The number of halogens is 1. The van der Waals surface area contributed by atoms with Gasteiger partial charge in [0.1, 0.15) is 29.1 Å². The number of hydrogen-bond acceptors (Lipinski definition) is 5. The third-order valence-electron chi connectivity index (χ3n) is 4.70. The van der Waals surface area contributed by atoms with Crippen LogP contribution in [0.3, 0.4) is 0 Å². The van der Waals surface area contributed by atoms with Crippen LogP contribution in [0.1, 0.15) is 25.8 Å². The Balaban J connectivity index is 2.19. The first kappa shape index (κ1) is 24.0. The van der Waals surface area contributed by atoms with Gasteiger partial charge in [0.25, 0.3) is 5.91 Å². The summed E-state index contributed by atoms with van der Waals surface area (Å²) in [6, 6.07) is 10.3. The molecule has 0 aliphatic carbocycles. The van der Waals surface area contributed by atoms with Crippen molar-refractivity contribution in [3.63, 3.8) is 0 Å². The molecule has 1 atom stereocenters. The second-order valence-corrected chi connectivity index (χ2v) is 6.92. The fourth-order valence-corrected chi connectivity index (χ4v) is 2.88. The molecule has 0 aliphatic heterocycles. The molecule has 0 radical (unpaired) electrons. The molecule has 2 rings (SSSR count). The van der Waals surface area contributed by atoms with E-state index in [-0.39, 0.29) is 19.1 Å². The number of methoxy groups -OCH3 is 2. The lowest BCUT2D eigenvalue weighted by Crippen LogP contribution is -2.49. The quantitative estimate of drug-likeness (QED) is 0.590. The van der Waals surface area contributed by atoms with E-state index in [9.17, 15) is 14.0 Å². The number of rotatable bonds is 11. The molecule has 7 nitrogen and oxygen atoms in total. The zero-order valence-corrected chi connectivity index (χ0v) is 18.3. The highest BCUT2D eigenvalue weighted by atomic mass is 19.1. The summed E-state index contributed by atoms with van der Waals surface area (Å²) in [5, 5.41) is 2.77. The van der Waals surface area contributed by atoms with Crippen molar-refractivity contribution >= 4 is 11.8 Å². The molecule has 0 saturated carbocycles. The van der Waals surface area contributed by atoms with Crippen molar-refractivity contribution in [3.8, 4) is 17.2 Å². The van der Waals surface area contributed by atoms with Crippen LogP contribution >= 0.6 is 0 Å². The van der Waals surface area contributed by atoms with Gasteiger partial charge in [0.2, 0.25) is 5.91 Å². The average molecular weight is 432 g/mol. The molecule has 168 valence electrons. The Kier molecular flexibility index (Phi) is 9.12. The highest BCUT2D eigenvalue weighted by molar-refractivity contribution is 5.87. The van der Waals surface area contributed by atoms with Crippen LogP contribution in [0.5, 0.6) is 17.2 Å². The number of hydrogen-bond donors (Lipinski definition) is 1. The predicted molar refractivity (Wildman–Crippen MR) is 115 cm³/mol. The van der Waals surface area contributed by atoms with Crippen molar-refractivity contribution < 1.29 is 28.2 Å². The van der Waals surface area contributed by atoms with E-state index in [1.165, 1.54) is 25.2 Å². The Morgan fingerprint density at radius 1 is 1.06 bits per heavy atom. The number of nitrogens with one attached hydrogen (secondary N) is 1. The summed E-state index contributed by atoms with van der Waals surface area (Å²) >= 11 is 0. The SMILES string of the molecule is CCCNC(=O)[C@H](C)N(Cc1ccccc1F)C(=O)COc1cc(OC)cc(OC)c1. The molecule has 0 aliphatic rings. The van der Waals surface area contributed by atoms with E-state index in [4.69, 9.17) is 14.2 Å². The maximum atomic E-state index is 14.2. The molecule has 2 amide bonds. The fourth-order valence-electron chi connectivity index (χ4n) is 2.88. The molecular weight excluding hydrogens is 403 g/mol. The number of benzene rings is 2. The Morgan fingerprint density at radius 2 is 1.68 bits per heavy atom. The predicted octanol–water partition coefficient (Wildman–Crippen LogP) is 3.17. The van der Waals surface area contributed by atoms with Gasteiger partial charge < -0.3 is 24.4 Å². The molecule has 31 heavy (non-hydrogen) atoms. The minimum Gasteiger partial charge on any atom is -0.496 e. The molecule has 2 aromatic rings. The van der Waals surface area contributed by atoms with Crippen LogP contribution < -0.4 is 19.5 Å². The first-order valence-corrected chi connectivity index (χ1v) is 10.1. The maximum absolute atomic E-state index is 14.2. The molecule has 0 spiro atoms. The topological polar surface area (TPSA) is 77.1 Å². The Bertz CT molecular complexity index is 868. The largest absolute Gasteiger partial charge is 0.496 e. The van der Waals surface area contributed by atoms with Gasteiger partial charge in [0.15, 0.2) is 6.61 Å². The first-order chi connectivity index (χ1) is 14.9. The second kappa shape index (κ2) is 11.8. The van der Waals surface area contributed by atoms with E-state index in [0.717, 1.165) is 6.42 Å². The van der Waals surface area contributed by atoms with Gasteiger partial charge in [0, 0.05) is 36.9 Å². The lowest BCUT2D eigenvalue weighted by molar-refractivity contribution is -0.142. The second-order valence-electron chi connectivity index (χ2n) is 6.92. The maximum Gasteiger partial charge on any atom is 0.261 e. The summed E-state index contributed by atoms with van der Waals surface area (Å²) in [4.78, 5) is 26.8.